The zero-order chi connectivity index (χ0) is 19.7. The van der Waals surface area contributed by atoms with E-state index in [4.69, 9.17) is 4.74 Å². The lowest BCUT2D eigenvalue weighted by atomic mass is 10.1. The molecule has 5 nitrogen and oxygen atoms in total. The summed E-state index contributed by atoms with van der Waals surface area (Å²) in [6, 6.07) is 15.2. The molecular formula is C22H18FN3O2. The second kappa shape index (κ2) is 7.15. The number of ether oxygens (including phenoxy) is 1. The Morgan fingerprint density at radius 3 is 2.71 bits per heavy atom. The van der Waals surface area contributed by atoms with Gasteiger partial charge in [0.05, 0.1) is 24.1 Å². The van der Waals surface area contributed by atoms with Crippen LogP contribution in [-0.4, -0.2) is 22.4 Å². The summed E-state index contributed by atoms with van der Waals surface area (Å²) in [6.45, 7) is 2.00. The first kappa shape index (κ1) is 17.7. The lowest BCUT2D eigenvalue weighted by Crippen LogP contribution is -2.14. The number of imidazole rings is 1. The summed E-state index contributed by atoms with van der Waals surface area (Å²) in [5.74, 6) is -0.640. The van der Waals surface area contributed by atoms with Crippen molar-refractivity contribution in [2.24, 2.45) is 0 Å². The smallest absolute Gasteiger partial charge is 0.258 e. The summed E-state index contributed by atoms with van der Waals surface area (Å²) in [5, 5.41) is 2.74. The standard InChI is InChI=1S/C22H18FN3O2/c1-14-6-5-11-26-13-19(24-21(14)26)15-9-10-20(28-2)18(12-15)25-22(27)16-7-3-4-8-17(16)23/h3-13H,1-2H3,(H,25,27). The van der Waals surface area contributed by atoms with Crippen LogP contribution in [0.4, 0.5) is 10.1 Å². The Labute approximate surface area is 161 Å². The van der Waals surface area contributed by atoms with E-state index in [-0.39, 0.29) is 5.56 Å². The van der Waals surface area contributed by atoms with Crippen LogP contribution in [0, 0.1) is 12.7 Å². The van der Waals surface area contributed by atoms with E-state index in [9.17, 15) is 9.18 Å². The summed E-state index contributed by atoms with van der Waals surface area (Å²) >= 11 is 0. The van der Waals surface area contributed by atoms with Gasteiger partial charge in [0.2, 0.25) is 0 Å². The molecule has 4 aromatic rings. The molecule has 0 atom stereocenters. The predicted molar refractivity (Wildman–Crippen MR) is 106 cm³/mol. The van der Waals surface area contributed by atoms with Gasteiger partial charge in [-0.2, -0.15) is 0 Å². The number of nitrogens with one attached hydrogen (secondary N) is 1. The van der Waals surface area contributed by atoms with Crippen LogP contribution in [0.1, 0.15) is 15.9 Å². The highest BCUT2D eigenvalue weighted by atomic mass is 19.1. The molecule has 2 aromatic heterocycles. The molecule has 1 amide bonds. The number of methoxy groups -OCH3 is 1. The SMILES string of the molecule is COc1ccc(-c2cn3cccc(C)c3n2)cc1NC(=O)c1ccccc1F. The van der Waals surface area contributed by atoms with Crippen molar-refractivity contribution in [3.63, 3.8) is 0 Å². The lowest BCUT2D eigenvalue weighted by molar-refractivity contribution is 0.102. The van der Waals surface area contributed by atoms with Gasteiger partial charge in [0, 0.05) is 18.0 Å². The number of carbonyl (C=O) groups excluding carboxylic acids is 1. The number of aromatic nitrogens is 2. The number of pyridine rings is 1. The third-order valence-corrected chi connectivity index (χ3v) is 4.54. The topological polar surface area (TPSA) is 55.6 Å². The van der Waals surface area contributed by atoms with Crippen molar-refractivity contribution in [2.45, 2.75) is 6.92 Å². The zero-order valence-corrected chi connectivity index (χ0v) is 15.4. The first-order chi connectivity index (χ1) is 13.6. The molecule has 4 rings (SSSR count). The van der Waals surface area contributed by atoms with E-state index in [2.05, 4.69) is 10.3 Å². The van der Waals surface area contributed by atoms with Crippen molar-refractivity contribution in [1.29, 1.82) is 0 Å². The summed E-state index contributed by atoms with van der Waals surface area (Å²) in [4.78, 5) is 17.2. The van der Waals surface area contributed by atoms with Crippen LogP contribution in [0.5, 0.6) is 5.75 Å². The van der Waals surface area contributed by atoms with Gasteiger partial charge >= 0.3 is 0 Å². The van der Waals surface area contributed by atoms with E-state index in [1.54, 1.807) is 24.3 Å². The minimum atomic E-state index is -0.578. The largest absolute Gasteiger partial charge is 0.495 e. The Kier molecular flexibility index (Phi) is 4.53. The van der Waals surface area contributed by atoms with Crippen LogP contribution in [0.2, 0.25) is 0 Å². The number of hydrogen-bond acceptors (Lipinski definition) is 3. The Morgan fingerprint density at radius 2 is 1.96 bits per heavy atom. The van der Waals surface area contributed by atoms with Gasteiger partial charge in [-0.05, 0) is 48.9 Å². The van der Waals surface area contributed by atoms with E-state index >= 15 is 0 Å². The maximum absolute atomic E-state index is 13.9. The molecule has 0 radical (unpaired) electrons. The first-order valence-electron chi connectivity index (χ1n) is 8.75. The summed E-state index contributed by atoms with van der Waals surface area (Å²) in [5.41, 5.74) is 3.92. The van der Waals surface area contributed by atoms with E-state index in [0.717, 1.165) is 22.5 Å². The molecule has 6 heteroatoms. The molecule has 0 fully saturated rings. The highest BCUT2D eigenvalue weighted by Crippen LogP contribution is 2.31. The van der Waals surface area contributed by atoms with Gasteiger partial charge in [0.25, 0.3) is 5.91 Å². The molecule has 28 heavy (non-hydrogen) atoms. The predicted octanol–water partition coefficient (Wildman–Crippen LogP) is 4.71. The average molecular weight is 375 g/mol. The number of rotatable bonds is 4. The van der Waals surface area contributed by atoms with Crippen molar-refractivity contribution in [3.05, 3.63) is 83.9 Å². The molecule has 2 aromatic carbocycles. The molecule has 0 spiro atoms. The number of halogens is 1. The molecule has 0 unspecified atom stereocenters. The third-order valence-electron chi connectivity index (χ3n) is 4.54. The molecular weight excluding hydrogens is 357 g/mol. The Morgan fingerprint density at radius 1 is 1.14 bits per heavy atom. The second-order valence-corrected chi connectivity index (χ2v) is 6.40. The van der Waals surface area contributed by atoms with Gasteiger partial charge in [-0.1, -0.05) is 18.2 Å². The van der Waals surface area contributed by atoms with Crippen LogP contribution < -0.4 is 10.1 Å². The van der Waals surface area contributed by atoms with Crippen molar-refractivity contribution in [2.75, 3.05) is 12.4 Å². The van der Waals surface area contributed by atoms with Crippen LogP contribution in [-0.2, 0) is 0 Å². The second-order valence-electron chi connectivity index (χ2n) is 6.40. The lowest BCUT2D eigenvalue weighted by Gasteiger charge is -2.12. The van der Waals surface area contributed by atoms with Crippen LogP contribution in [0.15, 0.2) is 67.0 Å². The summed E-state index contributed by atoms with van der Waals surface area (Å²) < 4.78 is 21.2. The molecule has 2 heterocycles. The number of fused-ring (bicyclic) bond motifs is 1. The molecule has 0 saturated carbocycles. The first-order valence-corrected chi connectivity index (χ1v) is 8.75. The number of carbonyl (C=O) groups is 1. The number of anilines is 1. The van der Waals surface area contributed by atoms with Crippen molar-refractivity contribution in [1.82, 2.24) is 9.38 Å². The zero-order valence-electron chi connectivity index (χ0n) is 15.4. The fourth-order valence-corrected chi connectivity index (χ4v) is 3.09. The van der Waals surface area contributed by atoms with Crippen LogP contribution in [0.25, 0.3) is 16.9 Å². The van der Waals surface area contributed by atoms with Gasteiger partial charge in [-0.3, -0.25) is 4.79 Å². The van der Waals surface area contributed by atoms with Gasteiger partial charge in [0.1, 0.15) is 17.2 Å². The molecule has 0 aliphatic rings. The number of aryl methyl sites for hydroxylation is 1. The molecule has 0 saturated heterocycles. The fraction of sp³-hybridized carbons (Fsp3) is 0.0909. The number of hydrogen-bond donors (Lipinski definition) is 1. The highest BCUT2D eigenvalue weighted by molar-refractivity contribution is 6.05. The minimum absolute atomic E-state index is 0.0293. The van der Waals surface area contributed by atoms with Crippen molar-refractivity contribution >= 4 is 17.2 Å². The molecule has 0 aliphatic heterocycles. The minimum Gasteiger partial charge on any atom is -0.495 e. The van der Waals surface area contributed by atoms with Gasteiger partial charge in [-0.25, -0.2) is 9.37 Å². The number of nitrogens with zero attached hydrogens (tertiary/aromatic N) is 2. The monoisotopic (exact) mass is 375 g/mol. The van der Waals surface area contributed by atoms with Crippen LogP contribution >= 0.6 is 0 Å². The van der Waals surface area contributed by atoms with Gasteiger partial charge in [-0.15, -0.1) is 0 Å². The van der Waals surface area contributed by atoms with Gasteiger partial charge < -0.3 is 14.5 Å². The maximum atomic E-state index is 13.9. The normalized spacial score (nSPS) is 10.8. The summed E-state index contributed by atoms with van der Waals surface area (Å²) in [6.07, 6.45) is 3.86. The molecule has 0 bridgehead atoms. The van der Waals surface area contributed by atoms with E-state index < -0.39 is 11.7 Å². The Hall–Kier alpha value is -3.67. The highest BCUT2D eigenvalue weighted by Gasteiger charge is 2.15. The quantitative estimate of drug-likeness (QED) is 0.562. The van der Waals surface area contributed by atoms with Gasteiger partial charge in [0.15, 0.2) is 0 Å². The van der Waals surface area contributed by atoms with Crippen LogP contribution in [0.3, 0.4) is 0 Å². The fourth-order valence-electron chi connectivity index (χ4n) is 3.09. The van der Waals surface area contributed by atoms with Crippen molar-refractivity contribution in [3.8, 4) is 17.0 Å². The number of benzene rings is 2. The summed E-state index contributed by atoms with van der Waals surface area (Å²) in [7, 11) is 1.52. The Balaban J connectivity index is 1.72. The van der Waals surface area contributed by atoms with E-state index in [1.807, 2.05) is 41.9 Å². The van der Waals surface area contributed by atoms with E-state index in [1.165, 1.54) is 19.2 Å². The average Bonchev–Trinajstić information content (AvgIpc) is 3.14. The molecule has 0 aliphatic carbocycles. The Bertz CT molecular complexity index is 1180. The van der Waals surface area contributed by atoms with E-state index in [0.29, 0.717) is 11.4 Å². The maximum Gasteiger partial charge on any atom is 0.258 e. The third kappa shape index (κ3) is 3.20. The molecule has 140 valence electrons. The number of amides is 1. The van der Waals surface area contributed by atoms with Crippen molar-refractivity contribution < 1.29 is 13.9 Å². The molecule has 1 N–H and O–H groups in total.